The van der Waals surface area contributed by atoms with Crippen molar-refractivity contribution in [2.45, 2.75) is 38.3 Å². The van der Waals surface area contributed by atoms with Crippen LogP contribution in [0.3, 0.4) is 0 Å². The van der Waals surface area contributed by atoms with Crippen LogP contribution in [-0.4, -0.2) is 37.0 Å². The van der Waals surface area contributed by atoms with Gasteiger partial charge in [0.1, 0.15) is 0 Å². The molecule has 25 heavy (non-hydrogen) atoms. The molecule has 1 N–H and O–H groups in total. The Morgan fingerprint density at radius 1 is 1.16 bits per heavy atom. The standard InChI is InChI=1S/C19H25F3N2O/c1-13(14-2-4-17(5-3-14)19(20,21)22)10-18(25)24-8-6-15-11-23-12-16(15)7-9-24/h2-5,13,15-16,23H,6-12H2,1H3/t13?,15-,16+. The van der Waals surface area contributed by atoms with Crippen LogP contribution in [0.25, 0.3) is 0 Å². The Morgan fingerprint density at radius 3 is 2.24 bits per heavy atom. The molecule has 3 nitrogen and oxygen atoms in total. The number of likely N-dealkylation sites (tertiary alicyclic amines) is 1. The first-order valence-corrected chi connectivity index (χ1v) is 9.00. The van der Waals surface area contributed by atoms with E-state index in [4.69, 9.17) is 0 Å². The molecule has 2 fully saturated rings. The first-order chi connectivity index (χ1) is 11.8. The van der Waals surface area contributed by atoms with Crippen LogP contribution in [0.4, 0.5) is 13.2 Å². The summed E-state index contributed by atoms with van der Waals surface area (Å²) in [6, 6.07) is 5.16. The third-order valence-corrected chi connectivity index (χ3v) is 5.66. The highest BCUT2D eigenvalue weighted by molar-refractivity contribution is 5.77. The van der Waals surface area contributed by atoms with E-state index in [0.717, 1.165) is 56.7 Å². The Bertz CT molecular complexity index is 586. The Hall–Kier alpha value is -1.56. The second-order valence-corrected chi connectivity index (χ2v) is 7.36. The van der Waals surface area contributed by atoms with Crippen LogP contribution in [0.15, 0.2) is 24.3 Å². The number of carbonyl (C=O) groups excluding carboxylic acids is 1. The number of halogens is 3. The van der Waals surface area contributed by atoms with Gasteiger partial charge in [0.25, 0.3) is 0 Å². The van der Waals surface area contributed by atoms with Crippen molar-refractivity contribution in [1.29, 1.82) is 0 Å². The summed E-state index contributed by atoms with van der Waals surface area (Å²) in [5.74, 6) is 1.37. The molecular formula is C19H25F3N2O. The molecule has 3 atom stereocenters. The highest BCUT2D eigenvalue weighted by Gasteiger charge is 2.32. The largest absolute Gasteiger partial charge is 0.416 e. The molecule has 0 radical (unpaired) electrons. The molecule has 6 heteroatoms. The number of benzene rings is 1. The molecule has 2 aliphatic rings. The van der Waals surface area contributed by atoms with Gasteiger partial charge in [-0.25, -0.2) is 0 Å². The van der Waals surface area contributed by atoms with E-state index in [1.54, 1.807) is 0 Å². The summed E-state index contributed by atoms with van der Waals surface area (Å²) in [7, 11) is 0. The smallest absolute Gasteiger partial charge is 0.343 e. The molecule has 138 valence electrons. The van der Waals surface area contributed by atoms with Crippen LogP contribution >= 0.6 is 0 Å². The van der Waals surface area contributed by atoms with E-state index in [2.05, 4.69) is 5.32 Å². The van der Waals surface area contributed by atoms with E-state index < -0.39 is 11.7 Å². The summed E-state index contributed by atoms with van der Waals surface area (Å²) in [6.45, 7) is 5.59. The number of alkyl halides is 3. The van der Waals surface area contributed by atoms with Crippen molar-refractivity contribution in [3.05, 3.63) is 35.4 Å². The normalized spacial score (nSPS) is 25.4. The molecular weight excluding hydrogens is 329 g/mol. The maximum absolute atomic E-state index is 12.6. The van der Waals surface area contributed by atoms with Crippen LogP contribution in [0.5, 0.6) is 0 Å². The number of carbonyl (C=O) groups is 1. The monoisotopic (exact) mass is 354 g/mol. The summed E-state index contributed by atoms with van der Waals surface area (Å²) in [5.41, 5.74) is 0.125. The van der Waals surface area contributed by atoms with Crippen molar-refractivity contribution in [2.24, 2.45) is 11.8 Å². The molecule has 0 spiro atoms. The number of fused-ring (bicyclic) bond motifs is 1. The van der Waals surface area contributed by atoms with Gasteiger partial charge in [-0.3, -0.25) is 4.79 Å². The van der Waals surface area contributed by atoms with E-state index in [0.29, 0.717) is 18.3 Å². The average Bonchev–Trinajstić information content (AvgIpc) is 2.92. The van der Waals surface area contributed by atoms with Crippen LogP contribution in [0, 0.1) is 11.8 Å². The minimum absolute atomic E-state index is 0.0841. The van der Waals surface area contributed by atoms with Crippen molar-refractivity contribution in [3.63, 3.8) is 0 Å². The molecule has 1 aromatic rings. The van der Waals surface area contributed by atoms with Crippen LogP contribution < -0.4 is 5.32 Å². The number of rotatable bonds is 3. The van der Waals surface area contributed by atoms with Crippen molar-refractivity contribution >= 4 is 5.91 Å². The second kappa shape index (κ2) is 7.36. The average molecular weight is 354 g/mol. The van der Waals surface area contributed by atoms with E-state index in [1.807, 2.05) is 11.8 Å². The molecule has 1 amide bonds. The van der Waals surface area contributed by atoms with Gasteiger partial charge < -0.3 is 10.2 Å². The molecule has 2 aliphatic heterocycles. The summed E-state index contributed by atoms with van der Waals surface area (Å²) in [5, 5.41) is 3.42. The molecule has 0 saturated carbocycles. The molecule has 0 aliphatic carbocycles. The number of nitrogens with one attached hydrogen (secondary N) is 1. The molecule has 2 saturated heterocycles. The summed E-state index contributed by atoms with van der Waals surface area (Å²) >= 11 is 0. The lowest BCUT2D eigenvalue weighted by Crippen LogP contribution is -2.33. The number of amides is 1. The highest BCUT2D eigenvalue weighted by Crippen LogP contribution is 2.31. The predicted octanol–water partition coefficient (Wildman–Crippen LogP) is 3.66. The Balaban J connectivity index is 1.57. The van der Waals surface area contributed by atoms with Crippen LogP contribution in [0.1, 0.15) is 43.2 Å². The van der Waals surface area contributed by atoms with Crippen molar-refractivity contribution in [1.82, 2.24) is 10.2 Å². The lowest BCUT2D eigenvalue weighted by molar-refractivity contribution is -0.137. The van der Waals surface area contributed by atoms with Gasteiger partial charge in [-0.05, 0) is 61.4 Å². The minimum Gasteiger partial charge on any atom is -0.343 e. The fourth-order valence-corrected chi connectivity index (χ4v) is 3.98. The molecule has 0 aromatic heterocycles. The van der Waals surface area contributed by atoms with E-state index in [-0.39, 0.29) is 11.8 Å². The Kier molecular flexibility index (Phi) is 5.37. The predicted molar refractivity (Wildman–Crippen MR) is 90.1 cm³/mol. The summed E-state index contributed by atoms with van der Waals surface area (Å²) in [4.78, 5) is 14.6. The van der Waals surface area contributed by atoms with Gasteiger partial charge in [-0.1, -0.05) is 19.1 Å². The van der Waals surface area contributed by atoms with Crippen LogP contribution in [-0.2, 0) is 11.0 Å². The quantitative estimate of drug-likeness (QED) is 0.899. The molecule has 1 unspecified atom stereocenters. The van der Waals surface area contributed by atoms with Crippen molar-refractivity contribution in [2.75, 3.05) is 26.2 Å². The number of nitrogens with zero attached hydrogens (tertiary/aromatic N) is 1. The molecule has 3 rings (SSSR count). The van der Waals surface area contributed by atoms with Gasteiger partial charge in [-0.2, -0.15) is 13.2 Å². The third-order valence-electron chi connectivity index (χ3n) is 5.66. The zero-order valence-corrected chi connectivity index (χ0v) is 14.5. The second-order valence-electron chi connectivity index (χ2n) is 7.36. The van der Waals surface area contributed by atoms with Gasteiger partial charge in [0.15, 0.2) is 0 Å². The maximum Gasteiger partial charge on any atom is 0.416 e. The lowest BCUT2D eigenvalue weighted by atomic mass is 9.92. The van der Waals surface area contributed by atoms with Crippen LogP contribution in [0.2, 0.25) is 0 Å². The van der Waals surface area contributed by atoms with E-state index in [9.17, 15) is 18.0 Å². The Morgan fingerprint density at radius 2 is 1.72 bits per heavy atom. The SMILES string of the molecule is CC(CC(=O)N1CC[C@@H]2CNC[C@@H]2CC1)c1ccc(C(F)(F)F)cc1. The molecule has 2 heterocycles. The highest BCUT2D eigenvalue weighted by atomic mass is 19.4. The van der Waals surface area contributed by atoms with Gasteiger partial charge in [-0.15, -0.1) is 0 Å². The number of hydrogen-bond donors (Lipinski definition) is 1. The minimum atomic E-state index is -4.32. The number of hydrogen-bond acceptors (Lipinski definition) is 2. The Labute approximate surface area is 146 Å². The topological polar surface area (TPSA) is 32.3 Å². The van der Waals surface area contributed by atoms with Gasteiger partial charge in [0, 0.05) is 19.5 Å². The van der Waals surface area contributed by atoms with Gasteiger partial charge in [0.05, 0.1) is 5.56 Å². The maximum atomic E-state index is 12.6. The van der Waals surface area contributed by atoms with Crippen molar-refractivity contribution in [3.8, 4) is 0 Å². The fraction of sp³-hybridized carbons (Fsp3) is 0.632. The third kappa shape index (κ3) is 4.35. The fourth-order valence-electron chi connectivity index (χ4n) is 3.98. The van der Waals surface area contributed by atoms with Crippen molar-refractivity contribution < 1.29 is 18.0 Å². The zero-order chi connectivity index (χ0) is 18.0. The van der Waals surface area contributed by atoms with Gasteiger partial charge in [0.2, 0.25) is 5.91 Å². The molecule has 0 bridgehead atoms. The summed E-state index contributed by atoms with van der Waals surface area (Å²) in [6.07, 6.45) is -1.90. The van der Waals surface area contributed by atoms with E-state index >= 15 is 0 Å². The van der Waals surface area contributed by atoms with E-state index in [1.165, 1.54) is 12.1 Å². The molecule has 1 aromatic carbocycles. The first-order valence-electron chi connectivity index (χ1n) is 9.00. The first kappa shape index (κ1) is 18.2. The zero-order valence-electron chi connectivity index (χ0n) is 14.5. The lowest BCUT2D eigenvalue weighted by Gasteiger charge is -2.23. The summed E-state index contributed by atoms with van der Waals surface area (Å²) < 4.78 is 37.9. The van der Waals surface area contributed by atoms with Gasteiger partial charge >= 0.3 is 6.18 Å².